The lowest BCUT2D eigenvalue weighted by atomic mass is 10.0. The SMILES string of the molecule is CCN(Cc1cccs1)c1cccc(F)c1C(C)N. The molecule has 4 heteroatoms. The molecule has 2 N–H and O–H groups in total. The fourth-order valence-corrected chi connectivity index (χ4v) is 2.93. The van der Waals surface area contributed by atoms with Gasteiger partial charge in [0, 0.05) is 28.7 Å². The quantitative estimate of drug-likeness (QED) is 0.897. The van der Waals surface area contributed by atoms with E-state index < -0.39 is 0 Å². The summed E-state index contributed by atoms with van der Waals surface area (Å²) in [6.45, 7) is 5.50. The normalized spacial score (nSPS) is 12.4. The van der Waals surface area contributed by atoms with Gasteiger partial charge in [-0.3, -0.25) is 0 Å². The average molecular weight is 278 g/mol. The molecular formula is C15H19FN2S. The summed E-state index contributed by atoms with van der Waals surface area (Å²) < 4.78 is 14.0. The van der Waals surface area contributed by atoms with E-state index >= 15 is 0 Å². The molecule has 0 amide bonds. The molecule has 0 aliphatic rings. The van der Waals surface area contributed by atoms with Crippen LogP contribution in [0.2, 0.25) is 0 Å². The van der Waals surface area contributed by atoms with Crippen LogP contribution in [0.1, 0.15) is 30.3 Å². The van der Waals surface area contributed by atoms with E-state index in [1.54, 1.807) is 17.4 Å². The number of hydrogen-bond acceptors (Lipinski definition) is 3. The summed E-state index contributed by atoms with van der Waals surface area (Å²) in [5, 5.41) is 2.06. The average Bonchev–Trinajstić information content (AvgIpc) is 2.88. The first-order valence-electron chi connectivity index (χ1n) is 6.44. The Hall–Kier alpha value is -1.39. The van der Waals surface area contributed by atoms with Crippen molar-refractivity contribution in [3.05, 3.63) is 52.0 Å². The lowest BCUT2D eigenvalue weighted by Gasteiger charge is -2.26. The third-order valence-electron chi connectivity index (χ3n) is 3.13. The zero-order valence-electron chi connectivity index (χ0n) is 11.3. The smallest absolute Gasteiger partial charge is 0.130 e. The molecule has 0 saturated carbocycles. The Morgan fingerprint density at radius 3 is 2.68 bits per heavy atom. The van der Waals surface area contributed by atoms with Crippen LogP contribution in [0.3, 0.4) is 0 Å². The van der Waals surface area contributed by atoms with E-state index in [0.717, 1.165) is 18.8 Å². The number of rotatable bonds is 5. The summed E-state index contributed by atoms with van der Waals surface area (Å²) in [5.74, 6) is -0.225. The molecule has 0 aliphatic heterocycles. The number of anilines is 1. The van der Waals surface area contributed by atoms with Crippen molar-refractivity contribution >= 4 is 17.0 Å². The Morgan fingerprint density at radius 1 is 1.32 bits per heavy atom. The first-order chi connectivity index (χ1) is 9.13. The van der Waals surface area contributed by atoms with Crippen LogP contribution >= 0.6 is 11.3 Å². The summed E-state index contributed by atoms with van der Waals surface area (Å²) in [5.41, 5.74) is 7.41. The number of benzene rings is 1. The van der Waals surface area contributed by atoms with Gasteiger partial charge < -0.3 is 10.6 Å². The van der Waals surface area contributed by atoms with Crippen LogP contribution in [0.15, 0.2) is 35.7 Å². The number of hydrogen-bond donors (Lipinski definition) is 1. The van der Waals surface area contributed by atoms with Crippen molar-refractivity contribution in [1.29, 1.82) is 0 Å². The summed E-state index contributed by atoms with van der Waals surface area (Å²) in [4.78, 5) is 3.43. The standard InChI is InChI=1S/C15H19FN2S/c1-3-18(10-12-6-5-9-19-12)14-8-4-7-13(16)15(14)11(2)17/h4-9,11H,3,10,17H2,1-2H3. The van der Waals surface area contributed by atoms with Crippen LogP contribution < -0.4 is 10.6 Å². The Balaban J connectivity index is 2.35. The molecule has 2 nitrogen and oxygen atoms in total. The lowest BCUT2D eigenvalue weighted by Crippen LogP contribution is -2.24. The maximum absolute atomic E-state index is 14.0. The second-order valence-electron chi connectivity index (χ2n) is 4.55. The van der Waals surface area contributed by atoms with E-state index in [1.165, 1.54) is 10.9 Å². The van der Waals surface area contributed by atoms with Crippen molar-refractivity contribution < 1.29 is 4.39 Å². The molecule has 1 heterocycles. The molecule has 2 aromatic rings. The van der Waals surface area contributed by atoms with E-state index in [-0.39, 0.29) is 11.9 Å². The topological polar surface area (TPSA) is 29.3 Å². The minimum Gasteiger partial charge on any atom is -0.366 e. The molecule has 19 heavy (non-hydrogen) atoms. The third kappa shape index (κ3) is 3.14. The van der Waals surface area contributed by atoms with Gasteiger partial charge in [-0.05, 0) is 37.4 Å². The minimum absolute atomic E-state index is 0.225. The first kappa shape index (κ1) is 14.0. The van der Waals surface area contributed by atoms with Crippen LogP contribution in [-0.2, 0) is 6.54 Å². The molecule has 0 fully saturated rings. The molecule has 0 bridgehead atoms. The second-order valence-corrected chi connectivity index (χ2v) is 5.59. The fourth-order valence-electron chi connectivity index (χ4n) is 2.21. The molecule has 0 saturated heterocycles. The highest BCUT2D eigenvalue weighted by atomic mass is 32.1. The third-order valence-corrected chi connectivity index (χ3v) is 4.00. The van der Waals surface area contributed by atoms with Crippen LogP contribution in [0, 0.1) is 5.82 Å². The van der Waals surface area contributed by atoms with E-state index in [2.05, 4.69) is 23.3 Å². The largest absolute Gasteiger partial charge is 0.366 e. The van der Waals surface area contributed by atoms with Crippen LogP contribution in [0.5, 0.6) is 0 Å². The Kier molecular flexibility index (Phi) is 4.56. The van der Waals surface area contributed by atoms with Gasteiger partial charge in [0.25, 0.3) is 0 Å². The molecule has 0 aliphatic carbocycles. The van der Waals surface area contributed by atoms with E-state index in [1.807, 2.05) is 19.1 Å². The predicted octanol–water partition coefficient (Wildman–Crippen LogP) is 3.93. The van der Waals surface area contributed by atoms with E-state index in [0.29, 0.717) is 5.56 Å². The van der Waals surface area contributed by atoms with Crippen LogP contribution in [0.25, 0.3) is 0 Å². The Bertz CT molecular complexity index is 523. The van der Waals surface area contributed by atoms with Gasteiger partial charge >= 0.3 is 0 Å². The molecular weight excluding hydrogens is 259 g/mol. The predicted molar refractivity (Wildman–Crippen MR) is 80.0 cm³/mol. The van der Waals surface area contributed by atoms with Crippen molar-refractivity contribution in [2.24, 2.45) is 5.73 Å². The van der Waals surface area contributed by atoms with Gasteiger partial charge in [-0.15, -0.1) is 11.3 Å². The molecule has 1 unspecified atom stereocenters. The molecule has 1 aromatic carbocycles. The lowest BCUT2D eigenvalue weighted by molar-refractivity contribution is 0.591. The van der Waals surface area contributed by atoms with Gasteiger partial charge in [0.15, 0.2) is 0 Å². The maximum atomic E-state index is 14.0. The number of nitrogens with zero attached hydrogens (tertiary/aromatic N) is 1. The van der Waals surface area contributed by atoms with Crippen LogP contribution in [0.4, 0.5) is 10.1 Å². The highest BCUT2D eigenvalue weighted by molar-refractivity contribution is 7.09. The molecule has 1 aromatic heterocycles. The van der Waals surface area contributed by atoms with Crippen LogP contribution in [-0.4, -0.2) is 6.54 Å². The monoisotopic (exact) mass is 278 g/mol. The van der Waals surface area contributed by atoms with Crippen molar-refractivity contribution in [2.75, 3.05) is 11.4 Å². The highest BCUT2D eigenvalue weighted by Crippen LogP contribution is 2.29. The summed E-state index contributed by atoms with van der Waals surface area (Å²) in [7, 11) is 0. The van der Waals surface area contributed by atoms with E-state index in [9.17, 15) is 4.39 Å². The van der Waals surface area contributed by atoms with Crippen molar-refractivity contribution in [2.45, 2.75) is 26.4 Å². The summed E-state index contributed by atoms with van der Waals surface area (Å²) in [6.07, 6.45) is 0. The number of halogens is 1. The summed E-state index contributed by atoms with van der Waals surface area (Å²) in [6, 6.07) is 8.98. The molecule has 0 radical (unpaired) electrons. The minimum atomic E-state index is -0.311. The fraction of sp³-hybridized carbons (Fsp3) is 0.333. The van der Waals surface area contributed by atoms with E-state index in [4.69, 9.17) is 5.73 Å². The van der Waals surface area contributed by atoms with Crippen molar-refractivity contribution in [1.82, 2.24) is 0 Å². The second kappa shape index (κ2) is 6.17. The van der Waals surface area contributed by atoms with Crippen molar-refractivity contribution in [3.63, 3.8) is 0 Å². The van der Waals surface area contributed by atoms with Gasteiger partial charge in [-0.2, -0.15) is 0 Å². The maximum Gasteiger partial charge on any atom is 0.130 e. The number of nitrogens with two attached hydrogens (primary N) is 1. The molecule has 0 spiro atoms. The van der Waals surface area contributed by atoms with Gasteiger partial charge in [-0.1, -0.05) is 12.1 Å². The Labute approximate surface area is 117 Å². The zero-order chi connectivity index (χ0) is 13.8. The Morgan fingerprint density at radius 2 is 2.11 bits per heavy atom. The molecule has 2 rings (SSSR count). The molecule has 102 valence electrons. The van der Waals surface area contributed by atoms with Gasteiger partial charge in [-0.25, -0.2) is 4.39 Å². The van der Waals surface area contributed by atoms with Gasteiger partial charge in [0.1, 0.15) is 5.82 Å². The van der Waals surface area contributed by atoms with Gasteiger partial charge in [0.2, 0.25) is 0 Å². The van der Waals surface area contributed by atoms with Gasteiger partial charge in [0.05, 0.1) is 6.54 Å². The van der Waals surface area contributed by atoms with Crippen molar-refractivity contribution in [3.8, 4) is 0 Å². The number of thiophene rings is 1. The first-order valence-corrected chi connectivity index (χ1v) is 7.32. The zero-order valence-corrected chi connectivity index (χ0v) is 12.1. The highest BCUT2D eigenvalue weighted by Gasteiger charge is 2.17. The summed E-state index contributed by atoms with van der Waals surface area (Å²) >= 11 is 1.71. The molecule has 1 atom stereocenters.